The third-order valence-corrected chi connectivity index (χ3v) is 8.00. The Morgan fingerprint density at radius 3 is 1.98 bits per heavy atom. The number of amides is 6. The number of aliphatic hydroxyl groups is 1. The van der Waals surface area contributed by atoms with Crippen molar-refractivity contribution in [3.05, 3.63) is 54.2 Å². The molecule has 3 aromatic rings. The first-order valence-corrected chi connectivity index (χ1v) is 16.6. The SMILES string of the molecule is CC(C)C[C@H](NC(=O)[C@H](Cc1cnc[nH]1)NC(=O)[C@H](Cc1c[nH]c2ccccc12)NC(=O)[C@H](CCC(N)=O)NC(=O)CN)C(=O)N[C@@H](CO)C(=O)O. The summed E-state index contributed by atoms with van der Waals surface area (Å²) in [6.07, 6.45) is 3.89. The molecular formula is C33H46N10O9. The molecule has 5 atom stereocenters. The van der Waals surface area contributed by atoms with E-state index in [0.29, 0.717) is 11.3 Å². The van der Waals surface area contributed by atoms with Crippen LogP contribution in [0.5, 0.6) is 0 Å². The molecule has 3 rings (SSSR count). The quantitative estimate of drug-likeness (QED) is 0.0543. The third kappa shape index (κ3) is 12.2. The summed E-state index contributed by atoms with van der Waals surface area (Å²) in [5.41, 5.74) is 12.5. The van der Waals surface area contributed by atoms with Gasteiger partial charge in [0.1, 0.15) is 30.2 Å². The van der Waals surface area contributed by atoms with Gasteiger partial charge >= 0.3 is 5.97 Å². The number of aromatic nitrogens is 3. The number of nitrogens with one attached hydrogen (secondary N) is 7. The van der Waals surface area contributed by atoms with E-state index in [0.717, 1.165) is 10.9 Å². The van der Waals surface area contributed by atoms with Crippen LogP contribution in [0.1, 0.15) is 44.4 Å². The number of aliphatic hydroxyl groups excluding tert-OH is 1. The molecule has 282 valence electrons. The lowest BCUT2D eigenvalue weighted by Gasteiger charge is -2.27. The Hall–Kier alpha value is -5.82. The summed E-state index contributed by atoms with van der Waals surface area (Å²) in [6.45, 7) is 2.23. The number of carbonyl (C=O) groups excluding carboxylic acids is 6. The zero-order chi connectivity index (χ0) is 38.4. The van der Waals surface area contributed by atoms with Crippen molar-refractivity contribution < 1.29 is 43.8 Å². The van der Waals surface area contributed by atoms with Crippen molar-refractivity contribution in [2.45, 2.75) is 76.2 Å². The molecule has 0 saturated heterocycles. The maximum absolute atomic E-state index is 14.1. The number of aliphatic carboxylic acids is 1. The number of hydrogen-bond donors (Lipinski definition) is 11. The second kappa shape index (κ2) is 19.5. The lowest BCUT2D eigenvalue weighted by molar-refractivity contribution is -0.143. The minimum absolute atomic E-state index is 0.0799. The van der Waals surface area contributed by atoms with Crippen LogP contribution in [0.25, 0.3) is 10.9 Å². The summed E-state index contributed by atoms with van der Waals surface area (Å²) in [4.78, 5) is 99.6. The van der Waals surface area contributed by atoms with Gasteiger partial charge in [-0.1, -0.05) is 32.0 Å². The number of primary amides is 1. The van der Waals surface area contributed by atoms with Gasteiger partial charge in [0.25, 0.3) is 0 Å². The minimum atomic E-state index is -1.62. The topological polar surface area (TPSA) is 317 Å². The lowest BCUT2D eigenvalue weighted by Crippen LogP contribution is -2.60. The molecule has 0 bridgehead atoms. The molecule has 0 aliphatic carbocycles. The van der Waals surface area contributed by atoms with E-state index in [4.69, 9.17) is 11.5 Å². The maximum atomic E-state index is 14.1. The minimum Gasteiger partial charge on any atom is -0.480 e. The van der Waals surface area contributed by atoms with Gasteiger partial charge in [0, 0.05) is 48.3 Å². The van der Waals surface area contributed by atoms with Gasteiger partial charge in [-0.2, -0.15) is 0 Å². The van der Waals surface area contributed by atoms with Crippen molar-refractivity contribution in [1.82, 2.24) is 41.5 Å². The van der Waals surface area contributed by atoms with Crippen molar-refractivity contribution >= 4 is 52.3 Å². The molecule has 0 spiro atoms. The molecule has 0 aliphatic heterocycles. The number of para-hydroxylation sites is 1. The molecule has 13 N–H and O–H groups in total. The highest BCUT2D eigenvalue weighted by atomic mass is 16.4. The van der Waals surface area contributed by atoms with Gasteiger partial charge in [-0.05, 0) is 30.4 Å². The predicted octanol–water partition coefficient (Wildman–Crippen LogP) is -2.55. The first kappa shape index (κ1) is 40.6. The molecule has 0 fully saturated rings. The van der Waals surface area contributed by atoms with Crippen LogP contribution < -0.4 is 38.1 Å². The smallest absolute Gasteiger partial charge is 0.328 e. The van der Waals surface area contributed by atoms with Gasteiger partial charge in [-0.15, -0.1) is 0 Å². The second-order valence-corrected chi connectivity index (χ2v) is 12.6. The Labute approximate surface area is 298 Å². The van der Waals surface area contributed by atoms with Crippen LogP contribution in [0.3, 0.4) is 0 Å². The van der Waals surface area contributed by atoms with E-state index in [2.05, 4.69) is 41.5 Å². The van der Waals surface area contributed by atoms with Crippen LogP contribution in [0.4, 0.5) is 0 Å². The van der Waals surface area contributed by atoms with Crippen LogP contribution in [-0.2, 0) is 46.4 Å². The van der Waals surface area contributed by atoms with Gasteiger partial charge in [-0.25, -0.2) is 9.78 Å². The number of fused-ring (bicyclic) bond motifs is 1. The van der Waals surface area contributed by atoms with E-state index >= 15 is 0 Å². The number of carbonyl (C=O) groups is 7. The Bertz CT molecular complexity index is 1710. The first-order chi connectivity index (χ1) is 24.7. The van der Waals surface area contributed by atoms with Gasteiger partial charge in [0.2, 0.25) is 35.4 Å². The Morgan fingerprint density at radius 2 is 1.40 bits per heavy atom. The highest BCUT2D eigenvalue weighted by molar-refractivity contribution is 5.97. The number of aromatic amines is 2. The van der Waals surface area contributed by atoms with Gasteiger partial charge in [0.05, 0.1) is 19.5 Å². The van der Waals surface area contributed by atoms with E-state index in [1.807, 2.05) is 18.2 Å². The van der Waals surface area contributed by atoms with Crippen LogP contribution in [0, 0.1) is 5.92 Å². The summed E-state index contributed by atoms with van der Waals surface area (Å²) in [5, 5.41) is 32.0. The number of H-pyrrole nitrogens is 2. The summed E-state index contributed by atoms with van der Waals surface area (Å²) < 4.78 is 0. The molecule has 1 aromatic carbocycles. The molecular weight excluding hydrogens is 680 g/mol. The molecule has 0 unspecified atom stereocenters. The number of hydrogen-bond acceptors (Lipinski definition) is 10. The normalized spacial score (nSPS) is 14.0. The van der Waals surface area contributed by atoms with Crippen LogP contribution in [-0.4, -0.2) is 110 Å². The van der Waals surface area contributed by atoms with Gasteiger partial charge in [-0.3, -0.25) is 28.8 Å². The first-order valence-electron chi connectivity index (χ1n) is 16.6. The molecule has 0 radical (unpaired) electrons. The number of carboxylic acid groups (broad SMARTS) is 1. The van der Waals surface area contributed by atoms with E-state index in [9.17, 15) is 43.8 Å². The summed E-state index contributed by atoms with van der Waals surface area (Å²) in [6, 6.07) is 0.403. The molecule has 2 aromatic heterocycles. The number of imidazole rings is 1. The fourth-order valence-corrected chi connectivity index (χ4v) is 5.34. The van der Waals surface area contributed by atoms with Crippen molar-refractivity contribution in [2.75, 3.05) is 13.2 Å². The fraction of sp³-hybridized carbons (Fsp3) is 0.455. The van der Waals surface area contributed by atoms with E-state index in [1.54, 1.807) is 26.1 Å². The van der Waals surface area contributed by atoms with Gasteiger partial charge in [0.15, 0.2) is 0 Å². The molecule has 52 heavy (non-hydrogen) atoms. The van der Waals surface area contributed by atoms with E-state index in [1.165, 1.54) is 12.5 Å². The van der Waals surface area contributed by atoms with Crippen molar-refractivity contribution in [2.24, 2.45) is 17.4 Å². The number of nitrogens with two attached hydrogens (primary N) is 2. The average Bonchev–Trinajstić information content (AvgIpc) is 3.77. The summed E-state index contributed by atoms with van der Waals surface area (Å²) >= 11 is 0. The monoisotopic (exact) mass is 726 g/mol. The van der Waals surface area contributed by atoms with Crippen molar-refractivity contribution in [3.8, 4) is 0 Å². The number of carboxylic acids is 1. The molecule has 6 amide bonds. The highest BCUT2D eigenvalue weighted by Gasteiger charge is 2.33. The maximum Gasteiger partial charge on any atom is 0.328 e. The largest absolute Gasteiger partial charge is 0.480 e. The number of nitrogens with zero attached hydrogens (tertiary/aromatic N) is 1. The van der Waals surface area contributed by atoms with Crippen LogP contribution >= 0.6 is 0 Å². The number of rotatable bonds is 21. The Balaban J connectivity index is 1.94. The second-order valence-electron chi connectivity index (χ2n) is 12.6. The van der Waals surface area contributed by atoms with Crippen LogP contribution in [0.15, 0.2) is 43.0 Å². The summed E-state index contributed by atoms with van der Waals surface area (Å²) in [7, 11) is 0. The van der Waals surface area contributed by atoms with E-state index < -0.39 is 84.8 Å². The lowest BCUT2D eigenvalue weighted by atomic mass is 10.0. The van der Waals surface area contributed by atoms with Crippen molar-refractivity contribution in [1.29, 1.82) is 0 Å². The molecule has 19 heteroatoms. The molecule has 19 nitrogen and oxygen atoms in total. The van der Waals surface area contributed by atoms with E-state index in [-0.39, 0.29) is 38.0 Å². The standard InChI is InChI=1S/C33H46N10O9/c1-17(2)9-23(30(48)43-26(15-44)33(51)52)40-32(50)25(11-19-14-36-16-38-19)42-31(49)24(10-18-13-37-21-6-4-3-5-20(18)21)41-29(47)22(7-8-27(35)45)39-28(46)12-34/h3-6,13-14,16-17,22-26,37,44H,7-12,15,34H2,1-2H3,(H2,35,45)(H,36,38)(H,39,46)(H,40,50)(H,41,47)(H,42,49)(H,43,48)(H,51,52)/t22-,23-,24-,25-,26-/m0/s1. The van der Waals surface area contributed by atoms with Crippen molar-refractivity contribution in [3.63, 3.8) is 0 Å². The third-order valence-electron chi connectivity index (χ3n) is 8.00. The molecule has 2 heterocycles. The zero-order valence-electron chi connectivity index (χ0n) is 28.8. The fourth-order valence-electron chi connectivity index (χ4n) is 5.34. The van der Waals surface area contributed by atoms with Gasteiger partial charge < -0.3 is 58.2 Å². The summed E-state index contributed by atoms with van der Waals surface area (Å²) in [5.74, 6) is -6.33. The van der Waals surface area contributed by atoms with Crippen LogP contribution in [0.2, 0.25) is 0 Å². The average molecular weight is 727 g/mol. The Morgan fingerprint density at radius 1 is 0.808 bits per heavy atom. The predicted molar refractivity (Wildman–Crippen MR) is 186 cm³/mol. The number of benzene rings is 1. The highest BCUT2D eigenvalue weighted by Crippen LogP contribution is 2.19. The zero-order valence-corrected chi connectivity index (χ0v) is 28.8. The Kier molecular flexibility index (Phi) is 15.3. The molecule has 0 saturated carbocycles. The molecule has 0 aliphatic rings.